The number of aryl methyl sites for hydroxylation is 2. The van der Waals surface area contributed by atoms with Gasteiger partial charge in [0, 0.05) is 23.7 Å². The van der Waals surface area contributed by atoms with Crippen molar-refractivity contribution in [2.24, 2.45) is 0 Å². The van der Waals surface area contributed by atoms with Crippen molar-refractivity contribution in [1.82, 2.24) is 25.1 Å². The molecule has 2 aromatic heterocycles. The van der Waals surface area contributed by atoms with Crippen molar-refractivity contribution in [1.29, 1.82) is 0 Å². The van der Waals surface area contributed by atoms with Gasteiger partial charge in [0.05, 0.1) is 6.54 Å². The van der Waals surface area contributed by atoms with Crippen LogP contribution in [0, 0.1) is 13.8 Å². The zero-order chi connectivity index (χ0) is 19.4. The highest BCUT2D eigenvalue weighted by molar-refractivity contribution is 7.08. The van der Waals surface area contributed by atoms with E-state index in [9.17, 15) is 9.59 Å². The summed E-state index contributed by atoms with van der Waals surface area (Å²) < 4.78 is 0. The fraction of sp³-hybridized carbons (Fsp3) is 0.278. The molecular weight excluding hydrogens is 364 g/mol. The van der Waals surface area contributed by atoms with Crippen LogP contribution in [-0.2, 0) is 16.1 Å². The summed E-state index contributed by atoms with van der Waals surface area (Å²) in [6.45, 7) is 3.72. The Morgan fingerprint density at radius 2 is 1.96 bits per heavy atom. The Labute approximate surface area is 160 Å². The third kappa shape index (κ3) is 4.56. The first kappa shape index (κ1) is 18.7. The second-order valence-corrected chi connectivity index (χ2v) is 7.00. The number of benzene rings is 1. The van der Waals surface area contributed by atoms with E-state index < -0.39 is 0 Å². The maximum Gasteiger partial charge on any atom is 0.246 e. The van der Waals surface area contributed by atoms with Gasteiger partial charge in [-0.3, -0.25) is 9.59 Å². The fourth-order valence-corrected chi connectivity index (χ4v) is 3.19. The Morgan fingerprint density at radius 1 is 1.22 bits per heavy atom. The first-order chi connectivity index (χ1) is 12.9. The highest BCUT2D eigenvalue weighted by Crippen LogP contribution is 2.19. The van der Waals surface area contributed by atoms with Crippen molar-refractivity contribution in [2.75, 3.05) is 18.9 Å². The largest absolute Gasteiger partial charge is 0.335 e. The number of rotatable bonds is 6. The average Bonchev–Trinajstić information content (AvgIpc) is 3.29. The molecule has 1 N–H and O–H groups in total. The predicted octanol–water partition coefficient (Wildman–Crippen LogP) is 2.12. The number of hydrogen-bond donors (Lipinski definition) is 1. The van der Waals surface area contributed by atoms with Gasteiger partial charge in [0.15, 0.2) is 0 Å². The number of tetrazole rings is 1. The van der Waals surface area contributed by atoms with Crippen LogP contribution in [0.1, 0.15) is 11.1 Å². The number of likely N-dealkylation sites (N-methyl/N-ethyl adjacent to an activating group) is 1. The van der Waals surface area contributed by atoms with Crippen molar-refractivity contribution in [3.63, 3.8) is 0 Å². The Morgan fingerprint density at radius 3 is 2.63 bits per heavy atom. The highest BCUT2D eigenvalue weighted by atomic mass is 32.1. The normalized spacial score (nSPS) is 10.6. The summed E-state index contributed by atoms with van der Waals surface area (Å²) in [4.78, 5) is 27.2. The molecule has 27 heavy (non-hydrogen) atoms. The van der Waals surface area contributed by atoms with E-state index in [0.29, 0.717) is 5.82 Å². The molecule has 0 aliphatic heterocycles. The summed E-state index contributed by atoms with van der Waals surface area (Å²) in [5.41, 5.74) is 3.59. The third-order valence-electron chi connectivity index (χ3n) is 4.06. The lowest BCUT2D eigenvalue weighted by molar-refractivity contribution is -0.134. The van der Waals surface area contributed by atoms with Crippen LogP contribution in [0.5, 0.6) is 0 Å². The van der Waals surface area contributed by atoms with Crippen LogP contribution in [0.3, 0.4) is 0 Å². The lowest BCUT2D eigenvalue weighted by atomic mass is 10.1. The van der Waals surface area contributed by atoms with Crippen LogP contribution in [0.4, 0.5) is 5.69 Å². The second kappa shape index (κ2) is 8.09. The molecule has 0 aliphatic carbocycles. The van der Waals surface area contributed by atoms with E-state index in [1.165, 1.54) is 21.0 Å². The van der Waals surface area contributed by atoms with Crippen LogP contribution < -0.4 is 5.32 Å². The molecule has 1 aromatic carbocycles. The summed E-state index contributed by atoms with van der Waals surface area (Å²) in [5.74, 6) is -0.0610. The molecule has 0 spiro atoms. The van der Waals surface area contributed by atoms with E-state index in [1.807, 2.05) is 48.9 Å². The van der Waals surface area contributed by atoms with Gasteiger partial charge in [-0.1, -0.05) is 18.2 Å². The van der Waals surface area contributed by atoms with Crippen molar-refractivity contribution in [3.8, 4) is 11.4 Å². The van der Waals surface area contributed by atoms with Gasteiger partial charge in [0.1, 0.15) is 6.54 Å². The first-order valence-corrected chi connectivity index (χ1v) is 9.28. The van der Waals surface area contributed by atoms with E-state index in [1.54, 1.807) is 7.05 Å². The van der Waals surface area contributed by atoms with Crippen molar-refractivity contribution in [3.05, 3.63) is 46.2 Å². The number of carbonyl (C=O) groups excluding carboxylic acids is 2. The van der Waals surface area contributed by atoms with E-state index in [0.717, 1.165) is 22.4 Å². The molecule has 3 aromatic rings. The summed E-state index contributed by atoms with van der Waals surface area (Å²) in [6, 6.07) is 7.68. The average molecular weight is 384 g/mol. The van der Waals surface area contributed by atoms with Gasteiger partial charge in [0.2, 0.25) is 17.6 Å². The minimum Gasteiger partial charge on any atom is -0.335 e. The maximum absolute atomic E-state index is 12.3. The molecule has 0 saturated carbocycles. The Bertz CT molecular complexity index is 930. The molecule has 2 heterocycles. The van der Waals surface area contributed by atoms with E-state index in [4.69, 9.17) is 0 Å². The molecule has 8 nitrogen and oxygen atoms in total. The van der Waals surface area contributed by atoms with Crippen LogP contribution >= 0.6 is 11.3 Å². The van der Waals surface area contributed by atoms with Gasteiger partial charge in [-0.05, 0) is 41.6 Å². The molecule has 9 heteroatoms. The molecule has 3 rings (SSSR count). The lowest BCUT2D eigenvalue weighted by Crippen LogP contribution is -2.37. The van der Waals surface area contributed by atoms with Gasteiger partial charge >= 0.3 is 0 Å². The highest BCUT2D eigenvalue weighted by Gasteiger charge is 2.16. The number of thiophene rings is 1. The molecule has 0 radical (unpaired) electrons. The maximum atomic E-state index is 12.3. The number of nitrogens with one attached hydrogen (secondary N) is 1. The molecule has 0 saturated heterocycles. The Balaban J connectivity index is 1.57. The molecular formula is C18H20N6O2S. The summed E-state index contributed by atoms with van der Waals surface area (Å²) in [5, 5.41) is 18.7. The number of aromatic nitrogens is 4. The summed E-state index contributed by atoms with van der Waals surface area (Å²) >= 11 is 1.54. The van der Waals surface area contributed by atoms with Gasteiger partial charge in [-0.15, -0.1) is 10.2 Å². The molecule has 0 atom stereocenters. The van der Waals surface area contributed by atoms with Crippen molar-refractivity contribution in [2.45, 2.75) is 20.4 Å². The minimum absolute atomic E-state index is 0.0569. The number of nitrogens with zero attached hydrogens (tertiary/aromatic N) is 5. The fourth-order valence-electron chi connectivity index (χ4n) is 2.55. The van der Waals surface area contributed by atoms with Gasteiger partial charge < -0.3 is 10.2 Å². The molecule has 0 bridgehead atoms. The number of anilines is 1. The monoisotopic (exact) mass is 384 g/mol. The van der Waals surface area contributed by atoms with Crippen LogP contribution in [0.15, 0.2) is 35.0 Å². The Hall–Kier alpha value is -3.07. The standard InChI is InChI=1S/C18H20N6O2S/c1-12-5-4-6-13(2)17(12)19-15(25)9-23(3)16(26)10-24-21-18(20-22-24)14-7-8-27-11-14/h4-8,11H,9-10H2,1-3H3,(H,19,25). The molecule has 2 amide bonds. The predicted molar refractivity (Wildman–Crippen MR) is 103 cm³/mol. The quantitative estimate of drug-likeness (QED) is 0.703. The van der Waals surface area contributed by atoms with E-state index >= 15 is 0 Å². The zero-order valence-electron chi connectivity index (χ0n) is 15.3. The third-order valence-corrected chi connectivity index (χ3v) is 4.74. The van der Waals surface area contributed by atoms with Crippen LogP contribution in [0.2, 0.25) is 0 Å². The SMILES string of the molecule is Cc1cccc(C)c1NC(=O)CN(C)C(=O)Cn1nnc(-c2ccsc2)n1. The number of carbonyl (C=O) groups is 2. The van der Waals surface area contributed by atoms with Crippen molar-refractivity contribution < 1.29 is 9.59 Å². The molecule has 140 valence electrons. The van der Waals surface area contributed by atoms with E-state index in [2.05, 4.69) is 20.7 Å². The molecule has 0 aliphatic rings. The minimum atomic E-state index is -0.277. The number of hydrogen-bond acceptors (Lipinski definition) is 6. The summed E-state index contributed by atoms with van der Waals surface area (Å²) in [6.07, 6.45) is 0. The number of amides is 2. The van der Waals surface area contributed by atoms with Gasteiger partial charge in [-0.25, -0.2) is 0 Å². The van der Waals surface area contributed by atoms with Crippen LogP contribution in [-0.4, -0.2) is 50.5 Å². The van der Waals surface area contributed by atoms with Gasteiger partial charge in [-0.2, -0.15) is 16.1 Å². The second-order valence-electron chi connectivity index (χ2n) is 6.22. The number of para-hydroxylation sites is 1. The molecule has 0 unspecified atom stereocenters. The lowest BCUT2D eigenvalue weighted by Gasteiger charge is -2.17. The van der Waals surface area contributed by atoms with Crippen LogP contribution in [0.25, 0.3) is 11.4 Å². The zero-order valence-corrected chi connectivity index (χ0v) is 16.2. The first-order valence-electron chi connectivity index (χ1n) is 8.34. The Kier molecular flexibility index (Phi) is 5.60. The van der Waals surface area contributed by atoms with Gasteiger partial charge in [0.25, 0.3) is 0 Å². The summed E-state index contributed by atoms with van der Waals surface area (Å²) in [7, 11) is 1.57. The van der Waals surface area contributed by atoms with Crippen molar-refractivity contribution >= 4 is 28.8 Å². The topological polar surface area (TPSA) is 93.0 Å². The smallest absolute Gasteiger partial charge is 0.246 e. The molecule has 0 fully saturated rings. The van der Waals surface area contributed by atoms with E-state index in [-0.39, 0.29) is 24.9 Å².